The topological polar surface area (TPSA) is 54.5 Å². The molecule has 1 N–H and O–H groups in total. The molecule has 0 amide bonds. The summed E-state index contributed by atoms with van der Waals surface area (Å²) in [4.78, 5) is 18.4. The third kappa shape index (κ3) is 3.06. The lowest BCUT2D eigenvalue weighted by atomic mass is 9.96. The van der Waals surface area contributed by atoms with Gasteiger partial charge in [0.15, 0.2) is 5.13 Å². The highest BCUT2D eigenvalue weighted by atomic mass is 32.1. The summed E-state index contributed by atoms with van der Waals surface area (Å²) in [5.74, 6) is -0.325. The maximum atomic E-state index is 11.4. The number of methoxy groups -OCH3 is 1. The molecule has 5 nitrogen and oxygen atoms in total. The van der Waals surface area contributed by atoms with Crippen molar-refractivity contribution < 1.29 is 9.53 Å². The molecule has 19 heavy (non-hydrogen) atoms. The average molecular weight is 283 g/mol. The van der Waals surface area contributed by atoms with Gasteiger partial charge in [0.05, 0.1) is 13.3 Å². The van der Waals surface area contributed by atoms with Crippen molar-refractivity contribution in [3.63, 3.8) is 0 Å². The van der Waals surface area contributed by atoms with Crippen molar-refractivity contribution in [3.8, 4) is 0 Å². The Labute approximate surface area is 118 Å². The Hall–Kier alpha value is -1.14. The van der Waals surface area contributed by atoms with Crippen LogP contribution >= 0.6 is 11.3 Å². The van der Waals surface area contributed by atoms with Gasteiger partial charge in [0.1, 0.15) is 4.88 Å². The van der Waals surface area contributed by atoms with Gasteiger partial charge in [-0.25, -0.2) is 9.78 Å². The van der Waals surface area contributed by atoms with E-state index in [9.17, 15) is 4.79 Å². The van der Waals surface area contributed by atoms with Crippen LogP contribution in [0.3, 0.4) is 0 Å². The summed E-state index contributed by atoms with van der Waals surface area (Å²) in [7, 11) is 5.65. The summed E-state index contributed by atoms with van der Waals surface area (Å²) in [6.45, 7) is 0.869. The number of anilines is 1. The molecular weight excluding hydrogens is 262 g/mol. The van der Waals surface area contributed by atoms with Gasteiger partial charge in [-0.3, -0.25) is 0 Å². The number of hydrogen-bond donors (Lipinski definition) is 1. The molecular formula is C13H21N3O2S. The van der Waals surface area contributed by atoms with E-state index in [0.717, 1.165) is 11.7 Å². The van der Waals surface area contributed by atoms with Crippen molar-refractivity contribution in [1.82, 2.24) is 9.88 Å². The molecule has 0 unspecified atom stereocenters. The zero-order chi connectivity index (χ0) is 13.9. The number of rotatable bonds is 5. The fraction of sp³-hybridized carbons (Fsp3) is 0.692. The Bertz CT molecular complexity index is 439. The Kier molecular flexibility index (Phi) is 4.42. The van der Waals surface area contributed by atoms with E-state index >= 15 is 0 Å². The van der Waals surface area contributed by atoms with Crippen LogP contribution in [0.4, 0.5) is 5.13 Å². The van der Waals surface area contributed by atoms with Gasteiger partial charge in [-0.2, -0.15) is 0 Å². The molecule has 0 spiro atoms. The van der Waals surface area contributed by atoms with Crippen molar-refractivity contribution in [2.75, 3.05) is 33.1 Å². The van der Waals surface area contributed by atoms with Crippen LogP contribution in [-0.4, -0.2) is 49.1 Å². The summed E-state index contributed by atoms with van der Waals surface area (Å²) in [5, 5.41) is 4.15. The van der Waals surface area contributed by atoms with E-state index in [2.05, 4.69) is 34.0 Å². The number of ether oxygens (including phenoxy) is 1. The van der Waals surface area contributed by atoms with Gasteiger partial charge in [0.2, 0.25) is 0 Å². The smallest absolute Gasteiger partial charge is 0.349 e. The molecule has 106 valence electrons. The Morgan fingerprint density at radius 3 is 2.79 bits per heavy atom. The third-order valence-corrected chi connectivity index (χ3v) is 4.88. The van der Waals surface area contributed by atoms with Crippen LogP contribution in [0.2, 0.25) is 0 Å². The Morgan fingerprint density at radius 2 is 2.21 bits per heavy atom. The van der Waals surface area contributed by atoms with Crippen LogP contribution in [0.15, 0.2) is 6.20 Å². The molecule has 0 bridgehead atoms. The summed E-state index contributed by atoms with van der Waals surface area (Å²) in [5.41, 5.74) is 0.219. The normalized spacial score (nSPS) is 17.7. The first-order valence-electron chi connectivity index (χ1n) is 6.53. The van der Waals surface area contributed by atoms with Gasteiger partial charge in [0.25, 0.3) is 0 Å². The third-order valence-electron chi connectivity index (χ3n) is 3.94. The average Bonchev–Trinajstić information content (AvgIpc) is 3.05. The van der Waals surface area contributed by atoms with Gasteiger partial charge >= 0.3 is 5.97 Å². The highest BCUT2D eigenvalue weighted by Crippen LogP contribution is 2.34. The Morgan fingerprint density at radius 1 is 1.53 bits per heavy atom. The van der Waals surface area contributed by atoms with E-state index in [1.54, 1.807) is 6.20 Å². The molecule has 1 heterocycles. The number of thiazole rings is 1. The fourth-order valence-electron chi connectivity index (χ4n) is 2.61. The molecule has 1 fully saturated rings. The SMILES string of the molecule is COC(=O)c1cnc(NCC2(N(C)C)CCCC2)s1. The van der Waals surface area contributed by atoms with Crippen molar-refractivity contribution in [3.05, 3.63) is 11.1 Å². The predicted octanol–water partition coefficient (Wildman–Crippen LogP) is 2.22. The quantitative estimate of drug-likeness (QED) is 0.840. The number of carbonyl (C=O) groups is 1. The number of nitrogens with zero attached hydrogens (tertiary/aromatic N) is 2. The van der Waals surface area contributed by atoms with Crippen molar-refractivity contribution in [2.45, 2.75) is 31.2 Å². The molecule has 2 rings (SSSR count). The molecule has 1 saturated carbocycles. The van der Waals surface area contributed by atoms with E-state index in [4.69, 9.17) is 0 Å². The van der Waals surface area contributed by atoms with E-state index in [1.165, 1.54) is 44.1 Å². The van der Waals surface area contributed by atoms with E-state index in [0.29, 0.717) is 4.88 Å². The summed E-state index contributed by atoms with van der Waals surface area (Å²) < 4.78 is 4.68. The highest BCUT2D eigenvalue weighted by molar-refractivity contribution is 7.17. The zero-order valence-corrected chi connectivity index (χ0v) is 12.5. The van der Waals surface area contributed by atoms with Gasteiger partial charge in [-0.1, -0.05) is 24.2 Å². The maximum Gasteiger partial charge on any atom is 0.349 e. The van der Waals surface area contributed by atoms with Gasteiger partial charge < -0.3 is 15.0 Å². The maximum absolute atomic E-state index is 11.4. The highest BCUT2D eigenvalue weighted by Gasteiger charge is 2.35. The number of aromatic nitrogens is 1. The van der Waals surface area contributed by atoms with Crippen LogP contribution in [0.5, 0.6) is 0 Å². The molecule has 6 heteroatoms. The number of esters is 1. The minimum absolute atomic E-state index is 0.219. The van der Waals surface area contributed by atoms with Crippen LogP contribution in [0.1, 0.15) is 35.4 Å². The second-order valence-electron chi connectivity index (χ2n) is 5.20. The van der Waals surface area contributed by atoms with Gasteiger partial charge in [-0.05, 0) is 26.9 Å². The van der Waals surface area contributed by atoms with Crippen LogP contribution < -0.4 is 5.32 Å². The van der Waals surface area contributed by atoms with Crippen LogP contribution in [0.25, 0.3) is 0 Å². The number of hydrogen-bond acceptors (Lipinski definition) is 6. The summed E-state index contributed by atoms with van der Waals surface area (Å²) >= 11 is 1.34. The molecule has 1 aliphatic rings. The van der Waals surface area contributed by atoms with E-state index in [1.807, 2.05) is 0 Å². The largest absolute Gasteiger partial charge is 0.465 e. The zero-order valence-electron chi connectivity index (χ0n) is 11.7. The first-order chi connectivity index (χ1) is 9.07. The van der Waals surface area contributed by atoms with Crippen LogP contribution in [0, 0.1) is 0 Å². The molecule has 1 aromatic heterocycles. The van der Waals surface area contributed by atoms with Gasteiger partial charge in [0, 0.05) is 12.1 Å². The molecule has 0 radical (unpaired) electrons. The minimum atomic E-state index is -0.325. The van der Waals surface area contributed by atoms with E-state index in [-0.39, 0.29) is 11.5 Å². The van der Waals surface area contributed by atoms with Crippen molar-refractivity contribution in [1.29, 1.82) is 0 Å². The van der Waals surface area contributed by atoms with Crippen molar-refractivity contribution >= 4 is 22.4 Å². The molecule has 0 atom stereocenters. The lowest BCUT2D eigenvalue weighted by molar-refractivity contribution is 0.0606. The predicted molar refractivity (Wildman–Crippen MR) is 76.8 cm³/mol. The molecule has 0 saturated heterocycles. The molecule has 0 aromatic carbocycles. The first-order valence-corrected chi connectivity index (χ1v) is 7.34. The Balaban J connectivity index is 1.98. The first kappa shape index (κ1) is 14.3. The summed E-state index contributed by atoms with van der Waals surface area (Å²) in [6.07, 6.45) is 6.55. The second kappa shape index (κ2) is 5.88. The number of nitrogens with one attached hydrogen (secondary N) is 1. The lowest BCUT2D eigenvalue weighted by Gasteiger charge is -2.36. The monoisotopic (exact) mass is 283 g/mol. The minimum Gasteiger partial charge on any atom is -0.465 e. The standard InChI is InChI=1S/C13H21N3O2S/c1-16(2)13(6-4-5-7-13)9-15-12-14-8-10(19-12)11(17)18-3/h8H,4-7,9H2,1-3H3,(H,14,15). The van der Waals surface area contributed by atoms with Gasteiger partial charge in [-0.15, -0.1) is 0 Å². The van der Waals surface area contributed by atoms with Crippen LogP contribution in [-0.2, 0) is 4.74 Å². The fourth-order valence-corrected chi connectivity index (χ4v) is 3.34. The molecule has 1 aliphatic carbocycles. The second-order valence-corrected chi connectivity index (χ2v) is 6.23. The summed E-state index contributed by atoms with van der Waals surface area (Å²) in [6, 6.07) is 0. The number of likely N-dealkylation sites (N-methyl/N-ethyl adjacent to an activating group) is 1. The lowest BCUT2D eigenvalue weighted by Crippen LogP contribution is -2.47. The molecule has 0 aliphatic heterocycles. The van der Waals surface area contributed by atoms with E-state index < -0.39 is 0 Å². The molecule has 1 aromatic rings. The number of carbonyl (C=O) groups excluding carboxylic acids is 1. The van der Waals surface area contributed by atoms with Crippen molar-refractivity contribution in [2.24, 2.45) is 0 Å².